The fourth-order valence-corrected chi connectivity index (χ4v) is 2.91. The summed E-state index contributed by atoms with van der Waals surface area (Å²) in [5, 5.41) is 8.07. The van der Waals surface area contributed by atoms with E-state index in [1.807, 2.05) is 16.6 Å². The van der Waals surface area contributed by atoms with Crippen molar-refractivity contribution in [1.82, 2.24) is 14.6 Å². The number of anilines is 1. The highest BCUT2D eigenvalue weighted by molar-refractivity contribution is 5.44. The normalized spacial score (nSPS) is 24.3. The molecule has 0 bridgehead atoms. The Morgan fingerprint density at radius 2 is 2.11 bits per heavy atom. The van der Waals surface area contributed by atoms with Crippen molar-refractivity contribution in [2.45, 2.75) is 52.0 Å². The standard InChI is InChI=1S/C15H22N4/c1-11-5-3-7-13(10-9-11)16-15-17-14-8-4-6-12(2)19(14)18-15/h4,6,8,11,13H,3,5,7,9-10H2,1-2H3,(H,16,18). The average Bonchev–Trinajstić information content (AvgIpc) is 2.69. The quantitative estimate of drug-likeness (QED) is 0.839. The topological polar surface area (TPSA) is 42.2 Å². The third-order valence-corrected chi connectivity index (χ3v) is 4.14. The van der Waals surface area contributed by atoms with Gasteiger partial charge in [0.25, 0.3) is 0 Å². The Hall–Kier alpha value is -1.58. The molecule has 102 valence electrons. The number of aromatic nitrogens is 3. The molecule has 4 nitrogen and oxygen atoms in total. The van der Waals surface area contributed by atoms with E-state index in [2.05, 4.69) is 35.3 Å². The molecule has 1 N–H and O–H groups in total. The molecule has 0 amide bonds. The first kappa shape index (κ1) is 12.5. The highest BCUT2D eigenvalue weighted by Crippen LogP contribution is 2.24. The summed E-state index contributed by atoms with van der Waals surface area (Å²) in [5.41, 5.74) is 2.04. The Morgan fingerprint density at radius 1 is 1.21 bits per heavy atom. The van der Waals surface area contributed by atoms with Crippen LogP contribution >= 0.6 is 0 Å². The molecular formula is C15H22N4. The van der Waals surface area contributed by atoms with E-state index in [0.717, 1.165) is 23.2 Å². The molecule has 2 aromatic rings. The Kier molecular flexibility index (Phi) is 3.40. The molecule has 2 unspecified atom stereocenters. The zero-order valence-electron chi connectivity index (χ0n) is 11.8. The smallest absolute Gasteiger partial charge is 0.243 e. The molecule has 2 aromatic heterocycles. The summed E-state index contributed by atoms with van der Waals surface area (Å²) in [6, 6.07) is 6.61. The van der Waals surface area contributed by atoms with Crippen molar-refractivity contribution in [3.8, 4) is 0 Å². The molecular weight excluding hydrogens is 236 g/mol. The molecule has 1 fully saturated rings. The van der Waals surface area contributed by atoms with Crippen LogP contribution in [-0.2, 0) is 0 Å². The molecule has 0 aromatic carbocycles. The van der Waals surface area contributed by atoms with Gasteiger partial charge in [-0.2, -0.15) is 4.98 Å². The van der Waals surface area contributed by atoms with Gasteiger partial charge in [-0.1, -0.05) is 25.8 Å². The largest absolute Gasteiger partial charge is 0.350 e. The van der Waals surface area contributed by atoms with Gasteiger partial charge in [-0.3, -0.25) is 0 Å². The zero-order valence-corrected chi connectivity index (χ0v) is 11.8. The molecule has 2 atom stereocenters. The van der Waals surface area contributed by atoms with Gasteiger partial charge < -0.3 is 5.32 Å². The summed E-state index contributed by atoms with van der Waals surface area (Å²) in [4.78, 5) is 4.56. The van der Waals surface area contributed by atoms with Gasteiger partial charge in [0, 0.05) is 11.7 Å². The van der Waals surface area contributed by atoms with Crippen LogP contribution in [0.2, 0.25) is 0 Å². The minimum atomic E-state index is 0.530. The first-order valence-corrected chi connectivity index (χ1v) is 7.31. The van der Waals surface area contributed by atoms with Crippen LogP contribution in [0.1, 0.15) is 44.7 Å². The Balaban J connectivity index is 1.76. The summed E-state index contributed by atoms with van der Waals surface area (Å²) >= 11 is 0. The average molecular weight is 258 g/mol. The number of nitrogens with one attached hydrogen (secondary N) is 1. The lowest BCUT2D eigenvalue weighted by molar-refractivity contribution is 0.501. The molecule has 1 aliphatic rings. The number of nitrogens with zero attached hydrogens (tertiary/aromatic N) is 3. The van der Waals surface area contributed by atoms with E-state index >= 15 is 0 Å². The number of aryl methyl sites for hydroxylation is 1. The zero-order chi connectivity index (χ0) is 13.2. The number of rotatable bonds is 2. The van der Waals surface area contributed by atoms with Crippen LogP contribution in [0.3, 0.4) is 0 Å². The minimum absolute atomic E-state index is 0.530. The molecule has 19 heavy (non-hydrogen) atoms. The molecule has 1 aliphatic carbocycles. The molecule has 1 saturated carbocycles. The Morgan fingerprint density at radius 3 is 2.95 bits per heavy atom. The second-order valence-electron chi connectivity index (χ2n) is 5.83. The summed E-state index contributed by atoms with van der Waals surface area (Å²) in [6.07, 6.45) is 6.44. The lowest BCUT2D eigenvalue weighted by atomic mass is 10.0. The lowest BCUT2D eigenvalue weighted by Crippen LogP contribution is -2.19. The fourth-order valence-electron chi connectivity index (χ4n) is 2.91. The summed E-state index contributed by atoms with van der Waals surface area (Å²) < 4.78 is 1.90. The van der Waals surface area contributed by atoms with Crippen LogP contribution in [0.15, 0.2) is 18.2 Å². The third kappa shape index (κ3) is 2.72. The molecule has 0 spiro atoms. The molecule has 4 heteroatoms. The summed E-state index contributed by atoms with van der Waals surface area (Å²) in [6.45, 7) is 4.41. The van der Waals surface area contributed by atoms with Crippen molar-refractivity contribution >= 4 is 11.6 Å². The predicted molar refractivity (Wildman–Crippen MR) is 77.4 cm³/mol. The van der Waals surface area contributed by atoms with E-state index in [0.29, 0.717) is 6.04 Å². The van der Waals surface area contributed by atoms with Crippen molar-refractivity contribution in [3.63, 3.8) is 0 Å². The maximum Gasteiger partial charge on any atom is 0.243 e. The van der Waals surface area contributed by atoms with Crippen LogP contribution in [0.25, 0.3) is 5.65 Å². The highest BCUT2D eigenvalue weighted by Gasteiger charge is 2.17. The molecule has 3 rings (SSSR count). The van der Waals surface area contributed by atoms with Crippen LogP contribution in [0.4, 0.5) is 5.95 Å². The second kappa shape index (κ2) is 5.19. The van der Waals surface area contributed by atoms with Gasteiger partial charge in [-0.15, -0.1) is 5.10 Å². The van der Waals surface area contributed by atoms with Crippen molar-refractivity contribution in [2.75, 3.05) is 5.32 Å². The van der Waals surface area contributed by atoms with E-state index < -0.39 is 0 Å². The molecule has 0 saturated heterocycles. The van der Waals surface area contributed by atoms with Gasteiger partial charge in [-0.05, 0) is 44.2 Å². The SMILES string of the molecule is Cc1cccc2nc(NC3CCCC(C)CC3)nn12. The van der Waals surface area contributed by atoms with Gasteiger partial charge in [-0.25, -0.2) is 4.52 Å². The second-order valence-corrected chi connectivity index (χ2v) is 5.83. The first-order chi connectivity index (χ1) is 9.22. The van der Waals surface area contributed by atoms with Gasteiger partial charge in [0.05, 0.1) is 0 Å². The van der Waals surface area contributed by atoms with Crippen LogP contribution in [-0.4, -0.2) is 20.6 Å². The van der Waals surface area contributed by atoms with Gasteiger partial charge >= 0.3 is 0 Å². The molecule has 2 heterocycles. The number of pyridine rings is 1. The molecule has 0 aliphatic heterocycles. The van der Waals surface area contributed by atoms with E-state index in [1.54, 1.807) is 0 Å². The predicted octanol–water partition coefficient (Wildman–Crippen LogP) is 3.42. The van der Waals surface area contributed by atoms with Crippen LogP contribution < -0.4 is 5.32 Å². The van der Waals surface area contributed by atoms with E-state index in [9.17, 15) is 0 Å². The van der Waals surface area contributed by atoms with Crippen LogP contribution in [0.5, 0.6) is 0 Å². The lowest BCUT2D eigenvalue weighted by Gasteiger charge is -2.14. The number of hydrogen-bond donors (Lipinski definition) is 1. The summed E-state index contributed by atoms with van der Waals surface area (Å²) in [5.74, 6) is 1.64. The van der Waals surface area contributed by atoms with E-state index in [4.69, 9.17) is 0 Å². The van der Waals surface area contributed by atoms with Crippen molar-refractivity contribution in [1.29, 1.82) is 0 Å². The van der Waals surface area contributed by atoms with Gasteiger partial charge in [0.1, 0.15) is 0 Å². The first-order valence-electron chi connectivity index (χ1n) is 7.31. The monoisotopic (exact) mass is 258 g/mol. The number of fused-ring (bicyclic) bond motifs is 1. The fraction of sp³-hybridized carbons (Fsp3) is 0.600. The van der Waals surface area contributed by atoms with Gasteiger partial charge in [0.15, 0.2) is 5.65 Å². The maximum absolute atomic E-state index is 4.56. The Bertz CT molecular complexity index is 560. The van der Waals surface area contributed by atoms with Crippen molar-refractivity contribution in [3.05, 3.63) is 23.9 Å². The number of hydrogen-bond acceptors (Lipinski definition) is 3. The van der Waals surface area contributed by atoms with Crippen LogP contribution in [0, 0.1) is 12.8 Å². The Labute approximate surface area is 114 Å². The van der Waals surface area contributed by atoms with Crippen molar-refractivity contribution in [2.24, 2.45) is 5.92 Å². The van der Waals surface area contributed by atoms with Gasteiger partial charge in [0.2, 0.25) is 5.95 Å². The van der Waals surface area contributed by atoms with Crippen molar-refractivity contribution < 1.29 is 0 Å². The summed E-state index contributed by atoms with van der Waals surface area (Å²) in [7, 11) is 0. The molecule has 0 radical (unpaired) electrons. The third-order valence-electron chi connectivity index (χ3n) is 4.14. The maximum atomic E-state index is 4.56. The highest BCUT2D eigenvalue weighted by atomic mass is 15.4. The minimum Gasteiger partial charge on any atom is -0.350 e. The van der Waals surface area contributed by atoms with E-state index in [1.165, 1.54) is 32.1 Å². The van der Waals surface area contributed by atoms with E-state index in [-0.39, 0.29) is 0 Å².